The largest absolute Gasteiger partial charge is 0.508 e. The summed E-state index contributed by atoms with van der Waals surface area (Å²) in [5.41, 5.74) is 2.73. The Morgan fingerprint density at radius 3 is 2.78 bits per heavy atom. The lowest BCUT2D eigenvalue weighted by Crippen LogP contribution is -2.73. The fourth-order valence-electron chi connectivity index (χ4n) is 6.43. The maximum absolute atomic E-state index is 12.3. The molecule has 32 heavy (non-hydrogen) atoms. The number of non-ortho nitro benzene ring substituents is 1. The molecule has 0 saturated carbocycles. The van der Waals surface area contributed by atoms with Crippen molar-refractivity contribution in [3.63, 3.8) is 0 Å². The van der Waals surface area contributed by atoms with E-state index in [4.69, 9.17) is 4.98 Å². The highest BCUT2D eigenvalue weighted by Crippen LogP contribution is 2.57. The molecule has 3 atom stereocenters. The molecule has 6 rings (SSSR count). The van der Waals surface area contributed by atoms with Gasteiger partial charge in [-0.2, -0.15) is 0 Å². The van der Waals surface area contributed by atoms with Gasteiger partial charge in [0.05, 0.1) is 10.5 Å². The van der Waals surface area contributed by atoms with Gasteiger partial charge in [0.25, 0.3) is 5.69 Å². The van der Waals surface area contributed by atoms with Gasteiger partial charge in [-0.15, -0.1) is 12.4 Å². The summed E-state index contributed by atoms with van der Waals surface area (Å²) < 4.78 is 0. The first-order valence-electron chi connectivity index (χ1n) is 10.6. The number of nitrogens with zero attached hydrogens (tertiary/aromatic N) is 3. The van der Waals surface area contributed by atoms with E-state index in [1.807, 2.05) is 18.2 Å². The molecule has 0 spiro atoms. The van der Waals surface area contributed by atoms with Gasteiger partial charge < -0.3 is 15.1 Å². The van der Waals surface area contributed by atoms with Crippen molar-refractivity contribution in [3.05, 3.63) is 75.0 Å². The molecule has 3 aliphatic rings. The van der Waals surface area contributed by atoms with E-state index in [2.05, 4.69) is 11.9 Å². The number of pyridine rings is 1. The smallest absolute Gasteiger partial charge is 0.295 e. The summed E-state index contributed by atoms with van der Waals surface area (Å²) in [6.07, 6.45) is 2.41. The SMILES string of the molecule is CN1CC[C@]23Cc4nc5c([N+](=O)[O-])cccc5cc4C[C@@]2(O)[C@H]1Cc1ccc(O)cc13.Cl. The third-order valence-electron chi connectivity index (χ3n) is 7.94. The molecule has 1 aromatic heterocycles. The number of aliphatic hydroxyl groups is 1. The molecule has 2 heterocycles. The number of halogens is 1. The Labute approximate surface area is 191 Å². The number of phenolic OH excluding ortho intramolecular Hbond substituents is 1. The number of nitro groups is 1. The number of aromatic hydroxyl groups is 1. The third kappa shape index (κ3) is 2.59. The van der Waals surface area contributed by atoms with Crippen LogP contribution >= 0.6 is 12.4 Å². The zero-order chi connectivity index (χ0) is 21.5. The normalized spacial score (nSPS) is 28.2. The molecule has 166 valence electrons. The van der Waals surface area contributed by atoms with Crippen molar-refractivity contribution < 1.29 is 15.1 Å². The minimum atomic E-state index is -0.996. The molecular formula is C24H24ClN3O4. The number of likely N-dealkylation sites (N-methyl/N-ethyl adjacent to an activating group) is 1. The zero-order valence-electron chi connectivity index (χ0n) is 17.6. The van der Waals surface area contributed by atoms with Crippen molar-refractivity contribution in [1.29, 1.82) is 0 Å². The number of benzene rings is 2. The Balaban J connectivity index is 0.00000216. The molecule has 0 radical (unpaired) electrons. The number of phenols is 1. The predicted molar refractivity (Wildman–Crippen MR) is 123 cm³/mol. The molecule has 1 saturated heterocycles. The fourth-order valence-corrected chi connectivity index (χ4v) is 6.43. The molecular weight excluding hydrogens is 430 g/mol. The molecule has 2 bridgehead atoms. The van der Waals surface area contributed by atoms with Gasteiger partial charge in [-0.25, -0.2) is 4.98 Å². The van der Waals surface area contributed by atoms with Crippen LogP contribution in [-0.4, -0.2) is 50.3 Å². The van der Waals surface area contributed by atoms with Crippen molar-refractivity contribution in [2.24, 2.45) is 0 Å². The number of hydrogen-bond donors (Lipinski definition) is 2. The van der Waals surface area contributed by atoms with E-state index in [0.29, 0.717) is 18.4 Å². The van der Waals surface area contributed by atoms with Crippen molar-refractivity contribution in [3.8, 4) is 5.75 Å². The van der Waals surface area contributed by atoms with E-state index in [0.717, 1.165) is 47.2 Å². The maximum Gasteiger partial charge on any atom is 0.295 e. The number of piperidine rings is 1. The van der Waals surface area contributed by atoms with Crippen LogP contribution in [0.1, 0.15) is 28.8 Å². The molecule has 2 N–H and O–H groups in total. The van der Waals surface area contributed by atoms with Crippen LogP contribution in [0.3, 0.4) is 0 Å². The molecule has 8 heteroatoms. The van der Waals surface area contributed by atoms with Gasteiger partial charge in [0, 0.05) is 41.4 Å². The van der Waals surface area contributed by atoms with Gasteiger partial charge >= 0.3 is 0 Å². The second kappa shape index (κ2) is 6.88. The van der Waals surface area contributed by atoms with Crippen LogP contribution in [0.25, 0.3) is 10.9 Å². The predicted octanol–water partition coefficient (Wildman–Crippen LogP) is 3.30. The standard InChI is InChI=1S/C24H23N3O4.ClH/c1-26-8-7-23-13-19-16(9-15-3-2-4-20(27(30)31)22(15)25-19)12-24(23,29)21(26)10-14-5-6-17(28)11-18(14)23;/h2-6,9,11,21,28-29H,7-8,10,12-13H2,1H3;1H/t21-,23-,24-;/m1./s1. The number of likely N-dealkylation sites (tertiary alicyclic amines) is 1. The monoisotopic (exact) mass is 453 g/mol. The van der Waals surface area contributed by atoms with Crippen LogP contribution in [-0.2, 0) is 24.7 Å². The van der Waals surface area contributed by atoms with Gasteiger partial charge in [-0.05, 0) is 61.3 Å². The van der Waals surface area contributed by atoms with E-state index in [1.54, 1.807) is 18.2 Å². The van der Waals surface area contributed by atoms with Crippen LogP contribution < -0.4 is 0 Å². The van der Waals surface area contributed by atoms with Crippen LogP contribution in [0.5, 0.6) is 5.75 Å². The van der Waals surface area contributed by atoms with Crippen molar-refractivity contribution in [1.82, 2.24) is 9.88 Å². The number of rotatable bonds is 1. The summed E-state index contributed by atoms with van der Waals surface area (Å²) in [4.78, 5) is 18.2. The van der Waals surface area contributed by atoms with Crippen LogP contribution in [0, 0.1) is 10.1 Å². The summed E-state index contributed by atoms with van der Waals surface area (Å²) in [5.74, 6) is 0.195. The Kier molecular flexibility index (Phi) is 4.54. The number of fused-ring (bicyclic) bond motifs is 3. The Morgan fingerprint density at radius 1 is 1.19 bits per heavy atom. The summed E-state index contributed by atoms with van der Waals surface area (Å²) in [7, 11) is 2.06. The lowest BCUT2D eigenvalue weighted by molar-refractivity contribution is -0.383. The second-order valence-electron chi connectivity index (χ2n) is 9.35. The van der Waals surface area contributed by atoms with Crippen LogP contribution in [0.4, 0.5) is 5.69 Å². The molecule has 1 aliphatic heterocycles. The number of hydrogen-bond acceptors (Lipinski definition) is 6. The topological polar surface area (TPSA) is 99.7 Å². The zero-order valence-corrected chi connectivity index (χ0v) is 18.4. The molecule has 7 nitrogen and oxygen atoms in total. The minimum Gasteiger partial charge on any atom is -0.508 e. The van der Waals surface area contributed by atoms with Crippen molar-refractivity contribution in [2.45, 2.75) is 42.7 Å². The lowest BCUT2D eigenvalue weighted by Gasteiger charge is -2.63. The summed E-state index contributed by atoms with van der Waals surface area (Å²) >= 11 is 0. The first-order valence-corrected chi connectivity index (χ1v) is 10.6. The molecule has 1 fully saturated rings. The first-order chi connectivity index (χ1) is 14.8. The maximum atomic E-state index is 12.3. The van der Waals surface area contributed by atoms with Crippen LogP contribution in [0.15, 0.2) is 42.5 Å². The molecule has 0 amide bonds. The number of para-hydroxylation sites is 1. The summed E-state index contributed by atoms with van der Waals surface area (Å²) in [6.45, 7) is 0.838. The number of nitro benzene ring substituents is 1. The molecule has 2 aliphatic carbocycles. The highest BCUT2D eigenvalue weighted by molar-refractivity contribution is 5.88. The first kappa shape index (κ1) is 21.1. The van der Waals surface area contributed by atoms with Gasteiger partial charge in [0.2, 0.25) is 0 Å². The molecule has 0 unspecified atom stereocenters. The van der Waals surface area contributed by atoms with Gasteiger partial charge in [-0.1, -0.05) is 18.2 Å². The van der Waals surface area contributed by atoms with Gasteiger partial charge in [-0.3, -0.25) is 10.1 Å². The van der Waals surface area contributed by atoms with Crippen LogP contribution in [0.2, 0.25) is 0 Å². The Hall–Kier alpha value is -2.74. The lowest BCUT2D eigenvalue weighted by atomic mass is 9.49. The van der Waals surface area contributed by atoms with Crippen molar-refractivity contribution >= 4 is 29.0 Å². The van der Waals surface area contributed by atoms with E-state index in [-0.39, 0.29) is 29.9 Å². The van der Waals surface area contributed by atoms with E-state index < -0.39 is 15.9 Å². The quantitative estimate of drug-likeness (QED) is 0.433. The van der Waals surface area contributed by atoms with E-state index in [9.17, 15) is 20.3 Å². The average molecular weight is 454 g/mol. The fraction of sp³-hybridized carbons (Fsp3) is 0.375. The Bertz CT molecular complexity index is 1280. The molecule has 3 aromatic rings. The second-order valence-corrected chi connectivity index (χ2v) is 9.35. The highest BCUT2D eigenvalue weighted by Gasteiger charge is 2.64. The summed E-state index contributed by atoms with van der Waals surface area (Å²) in [6, 6.07) is 12.4. The minimum absolute atomic E-state index is 0. The Morgan fingerprint density at radius 2 is 2.00 bits per heavy atom. The summed E-state index contributed by atoms with van der Waals surface area (Å²) in [5, 5.41) is 34.8. The third-order valence-corrected chi connectivity index (χ3v) is 7.94. The van der Waals surface area contributed by atoms with E-state index in [1.165, 1.54) is 6.07 Å². The van der Waals surface area contributed by atoms with E-state index >= 15 is 0 Å². The van der Waals surface area contributed by atoms with Crippen molar-refractivity contribution in [2.75, 3.05) is 13.6 Å². The van der Waals surface area contributed by atoms with Gasteiger partial charge in [0.15, 0.2) is 0 Å². The molecule has 2 aromatic carbocycles. The average Bonchev–Trinajstić information content (AvgIpc) is 2.73. The number of aromatic nitrogens is 1. The van der Waals surface area contributed by atoms with Gasteiger partial charge in [0.1, 0.15) is 11.3 Å². The highest BCUT2D eigenvalue weighted by atomic mass is 35.5.